The van der Waals surface area contributed by atoms with Gasteiger partial charge in [0.15, 0.2) is 5.69 Å². The van der Waals surface area contributed by atoms with Crippen LogP contribution in [0.2, 0.25) is 0 Å². The lowest BCUT2D eigenvalue weighted by Crippen LogP contribution is -2.34. The number of aromatic amines is 1. The van der Waals surface area contributed by atoms with Crippen LogP contribution in [-0.4, -0.2) is 58.0 Å². The molecule has 2 saturated heterocycles. The fourth-order valence-electron chi connectivity index (χ4n) is 5.03. The number of H-pyrrole nitrogens is 1. The Balaban J connectivity index is 1.28. The van der Waals surface area contributed by atoms with E-state index in [0.29, 0.717) is 45.0 Å². The lowest BCUT2D eigenvalue weighted by atomic mass is 10.0. The van der Waals surface area contributed by atoms with E-state index in [4.69, 9.17) is 0 Å². The molecule has 3 aliphatic heterocycles. The molecule has 7 nitrogen and oxygen atoms in total. The number of likely N-dealkylation sites (tertiary alicyclic amines) is 1. The molecular weight excluding hydrogens is 411 g/mol. The number of hydrogen-bond acceptors (Lipinski definition) is 4. The number of amides is 2. The summed E-state index contributed by atoms with van der Waals surface area (Å²) in [6, 6.07) is 5.65. The topological polar surface area (TPSA) is 72.5 Å². The van der Waals surface area contributed by atoms with Gasteiger partial charge in [-0.05, 0) is 12.1 Å². The van der Waals surface area contributed by atoms with Gasteiger partial charge in [0.1, 0.15) is 0 Å². The van der Waals surface area contributed by atoms with Crippen LogP contribution in [0.4, 0.5) is 18.9 Å². The standard InChI is InChI=1S/C21H22F3N5O2/c1-12(30)27-10-15-17(11-27)25-26-19(15)20(31)29-8-13-6-28(7-14(13)9-29)18-5-3-2-4-16(18)21(22,23)24/h2-5,13-14H,6-11H2,1H3,(H,25,26). The summed E-state index contributed by atoms with van der Waals surface area (Å²) in [5.41, 5.74) is 1.48. The maximum Gasteiger partial charge on any atom is 0.418 e. The van der Waals surface area contributed by atoms with Gasteiger partial charge in [-0.15, -0.1) is 0 Å². The smallest absolute Gasteiger partial charge is 0.370 e. The van der Waals surface area contributed by atoms with Crippen LogP contribution in [0.1, 0.15) is 34.2 Å². The number of rotatable bonds is 2. The Hall–Kier alpha value is -3.04. The van der Waals surface area contributed by atoms with Gasteiger partial charge in [-0.1, -0.05) is 12.1 Å². The number of alkyl halides is 3. The van der Waals surface area contributed by atoms with Crippen molar-refractivity contribution in [2.75, 3.05) is 31.1 Å². The molecule has 0 spiro atoms. The highest BCUT2D eigenvalue weighted by molar-refractivity contribution is 5.94. The lowest BCUT2D eigenvalue weighted by Gasteiger charge is -2.25. The molecule has 3 aliphatic rings. The molecule has 2 amide bonds. The van der Waals surface area contributed by atoms with Crippen molar-refractivity contribution >= 4 is 17.5 Å². The fraction of sp³-hybridized carbons (Fsp3) is 0.476. The van der Waals surface area contributed by atoms with Crippen LogP contribution in [0.15, 0.2) is 24.3 Å². The molecule has 1 aromatic carbocycles. The van der Waals surface area contributed by atoms with Gasteiger partial charge in [-0.3, -0.25) is 14.7 Å². The molecule has 164 valence electrons. The molecule has 2 unspecified atom stereocenters. The van der Waals surface area contributed by atoms with Crippen molar-refractivity contribution < 1.29 is 22.8 Å². The van der Waals surface area contributed by atoms with Gasteiger partial charge in [-0.25, -0.2) is 0 Å². The summed E-state index contributed by atoms with van der Waals surface area (Å²) in [5.74, 6) is -0.00521. The first-order valence-corrected chi connectivity index (χ1v) is 10.2. The molecule has 2 fully saturated rings. The molecule has 2 atom stereocenters. The molecule has 0 radical (unpaired) electrons. The monoisotopic (exact) mass is 433 g/mol. The third-order valence-corrected chi connectivity index (χ3v) is 6.62. The van der Waals surface area contributed by atoms with Crippen molar-refractivity contribution in [3.63, 3.8) is 0 Å². The number of nitrogens with one attached hydrogen (secondary N) is 1. The van der Waals surface area contributed by atoms with Gasteiger partial charge in [-0.2, -0.15) is 18.3 Å². The Morgan fingerprint density at radius 2 is 1.71 bits per heavy atom. The van der Waals surface area contributed by atoms with E-state index in [-0.39, 0.29) is 29.3 Å². The van der Waals surface area contributed by atoms with Crippen LogP contribution in [0.3, 0.4) is 0 Å². The summed E-state index contributed by atoms with van der Waals surface area (Å²) in [5, 5.41) is 7.05. The second-order valence-corrected chi connectivity index (χ2v) is 8.55. The van der Waals surface area contributed by atoms with Crippen LogP contribution < -0.4 is 4.90 Å². The molecule has 4 heterocycles. The summed E-state index contributed by atoms with van der Waals surface area (Å²) in [7, 11) is 0. The first-order valence-electron chi connectivity index (χ1n) is 10.2. The predicted octanol–water partition coefficient (Wildman–Crippen LogP) is 2.50. The number of nitrogens with zero attached hydrogens (tertiary/aromatic N) is 4. The highest BCUT2D eigenvalue weighted by Gasteiger charge is 2.45. The Bertz CT molecular complexity index is 1040. The summed E-state index contributed by atoms with van der Waals surface area (Å²) >= 11 is 0. The van der Waals surface area contributed by atoms with Crippen LogP contribution >= 0.6 is 0 Å². The quantitative estimate of drug-likeness (QED) is 0.790. The van der Waals surface area contributed by atoms with E-state index < -0.39 is 11.7 Å². The lowest BCUT2D eigenvalue weighted by molar-refractivity contribution is -0.137. The van der Waals surface area contributed by atoms with Crippen molar-refractivity contribution in [1.29, 1.82) is 0 Å². The second-order valence-electron chi connectivity index (χ2n) is 8.55. The van der Waals surface area contributed by atoms with Crippen molar-refractivity contribution in [2.45, 2.75) is 26.2 Å². The number of carbonyl (C=O) groups is 2. The van der Waals surface area contributed by atoms with Crippen molar-refractivity contribution in [3.05, 3.63) is 46.8 Å². The Kier molecular flexibility index (Phi) is 4.49. The summed E-state index contributed by atoms with van der Waals surface area (Å²) in [6.45, 7) is 4.23. The van der Waals surface area contributed by atoms with Crippen LogP contribution in [0.25, 0.3) is 0 Å². The third kappa shape index (κ3) is 3.34. The molecule has 2 aromatic rings. The molecule has 0 bridgehead atoms. The molecule has 1 N–H and O–H groups in total. The van der Waals surface area contributed by atoms with E-state index in [0.717, 1.165) is 17.3 Å². The first kappa shape index (κ1) is 19.9. The number of aromatic nitrogens is 2. The molecule has 5 rings (SSSR count). The number of anilines is 1. The zero-order valence-corrected chi connectivity index (χ0v) is 16.9. The van der Waals surface area contributed by atoms with E-state index in [1.165, 1.54) is 19.1 Å². The minimum Gasteiger partial charge on any atom is -0.370 e. The zero-order chi connectivity index (χ0) is 21.9. The summed E-state index contributed by atoms with van der Waals surface area (Å²) < 4.78 is 40.2. The fourth-order valence-corrected chi connectivity index (χ4v) is 5.03. The van der Waals surface area contributed by atoms with Crippen molar-refractivity contribution in [1.82, 2.24) is 20.0 Å². The molecule has 1 aromatic heterocycles. The van der Waals surface area contributed by atoms with E-state index in [9.17, 15) is 22.8 Å². The van der Waals surface area contributed by atoms with Gasteiger partial charge >= 0.3 is 6.18 Å². The molecule has 0 aliphatic carbocycles. The Morgan fingerprint density at radius 1 is 1.03 bits per heavy atom. The second kappa shape index (κ2) is 7.00. The summed E-state index contributed by atoms with van der Waals surface area (Å²) in [4.78, 5) is 29.9. The van der Waals surface area contributed by atoms with Gasteiger partial charge in [0, 0.05) is 56.2 Å². The van der Waals surface area contributed by atoms with Gasteiger partial charge < -0.3 is 14.7 Å². The maximum absolute atomic E-state index is 13.4. The van der Waals surface area contributed by atoms with Crippen LogP contribution in [0.5, 0.6) is 0 Å². The van der Waals surface area contributed by atoms with E-state index >= 15 is 0 Å². The average Bonchev–Trinajstić information content (AvgIpc) is 3.45. The van der Waals surface area contributed by atoms with Gasteiger partial charge in [0.05, 0.1) is 24.3 Å². The SMILES string of the molecule is CC(=O)N1Cc2[nH]nc(C(=O)N3CC4CN(c5ccccc5C(F)(F)F)CC4C3)c2C1. The summed E-state index contributed by atoms with van der Waals surface area (Å²) in [6.07, 6.45) is -4.40. The number of halogens is 3. The Labute approximate surface area is 176 Å². The van der Waals surface area contributed by atoms with E-state index in [1.54, 1.807) is 20.8 Å². The minimum atomic E-state index is -4.40. The molecule has 0 saturated carbocycles. The van der Waals surface area contributed by atoms with E-state index in [2.05, 4.69) is 10.2 Å². The largest absolute Gasteiger partial charge is 0.418 e. The normalized spacial score (nSPS) is 22.8. The van der Waals surface area contributed by atoms with Gasteiger partial charge in [0.2, 0.25) is 5.91 Å². The third-order valence-electron chi connectivity index (χ3n) is 6.62. The number of carbonyl (C=O) groups excluding carboxylic acids is 2. The van der Waals surface area contributed by atoms with Crippen molar-refractivity contribution in [2.24, 2.45) is 11.8 Å². The number of hydrogen-bond donors (Lipinski definition) is 1. The molecule has 31 heavy (non-hydrogen) atoms. The maximum atomic E-state index is 13.4. The highest BCUT2D eigenvalue weighted by atomic mass is 19.4. The van der Waals surface area contributed by atoms with Crippen LogP contribution in [0, 0.1) is 11.8 Å². The van der Waals surface area contributed by atoms with Crippen molar-refractivity contribution in [3.8, 4) is 0 Å². The average molecular weight is 433 g/mol. The van der Waals surface area contributed by atoms with Gasteiger partial charge in [0.25, 0.3) is 5.91 Å². The Morgan fingerprint density at radius 3 is 2.35 bits per heavy atom. The number of para-hydroxylation sites is 1. The predicted molar refractivity (Wildman–Crippen MR) is 105 cm³/mol. The number of fused-ring (bicyclic) bond motifs is 2. The van der Waals surface area contributed by atoms with E-state index in [1.807, 2.05) is 0 Å². The molecular formula is C21H22F3N5O2. The first-order chi connectivity index (χ1) is 14.7. The molecule has 10 heteroatoms. The zero-order valence-electron chi connectivity index (χ0n) is 16.9. The minimum absolute atomic E-state index is 0.0575. The highest BCUT2D eigenvalue weighted by Crippen LogP contribution is 2.41. The number of benzene rings is 1. The van der Waals surface area contributed by atoms with Crippen LogP contribution in [-0.2, 0) is 24.1 Å².